The Bertz CT molecular complexity index is 1510. The lowest BCUT2D eigenvalue weighted by atomic mass is 10.1. The lowest BCUT2D eigenvalue weighted by molar-refractivity contribution is 0.102. The minimum atomic E-state index is -0.681. The van der Waals surface area contributed by atoms with Crippen LogP contribution in [0.15, 0.2) is 41.5 Å². The van der Waals surface area contributed by atoms with Gasteiger partial charge in [-0.15, -0.1) is 0 Å². The van der Waals surface area contributed by atoms with Crippen LogP contribution in [0.25, 0.3) is 11.0 Å². The first-order valence-electron chi connectivity index (χ1n) is 11.4. The quantitative estimate of drug-likeness (QED) is 0.409. The van der Waals surface area contributed by atoms with Gasteiger partial charge < -0.3 is 15.2 Å². The number of aromatic nitrogens is 5. The summed E-state index contributed by atoms with van der Waals surface area (Å²) in [5.41, 5.74) is 1.53. The van der Waals surface area contributed by atoms with Crippen molar-refractivity contribution in [1.82, 2.24) is 29.6 Å². The zero-order chi connectivity index (χ0) is 25.4. The van der Waals surface area contributed by atoms with E-state index in [1.54, 1.807) is 44.4 Å². The van der Waals surface area contributed by atoms with Crippen molar-refractivity contribution in [3.63, 3.8) is 0 Å². The number of hydrogen-bond donors (Lipinski definition) is 2. The molecule has 1 aliphatic heterocycles. The number of piperazine rings is 1. The van der Waals surface area contributed by atoms with E-state index >= 15 is 4.39 Å². The fraction of sp³-hybridized carbons (Fsp3) is 0.292. The highest BCUT2D eigenvalue weighted by atomic mass is 19.1. The van der Waals surface area contributed by atoms with Gasteiger partial charge >= 0.3 is 0 Å². The Hall–Kier alpha value is -4.19. The summed E-state index contributed by atoms with van der Waals surface area (Å²) in [6.07, 6.45) is 2.97. The fourth-order valence-corrected chi connectivity index (χ4v) is 4.23. The van der Waals surface area contributed by atoms with Crippen LogP contribution in [0.4, 0.5) is 20.3 Å². The second kappa shape index (κ2) is 9.46. The molecule has 1 saturated heterocycles. The summed E-state index contributed by atoms with van der Waals surface area (Å²) in [5.74, 6) is -1.48. The number of anilines is 2. The molecule has 2 N–H and O–H groups in total. The number of nitrogens with zero attached hydrogens (tertiary/aromatic N) is 6. The first-order chi connectivity index (χ1) is 17.3. The van der Waals surface area contributed by atoms with Crippen molar-refractivity contribution >= 4 is 28.4 Å². The Labute approximate surface area is 204 Å². The van der Waals surface area contributed by atoms with Crippen molar-refractivity contribution in [2.75, 3.05) is 36.4 Å². The molecule has 1 amide bonds. The summed E-state index contributed by atoms with van der Waals surface area (Å²) in [4.78, 5) is 38.6. The van der Waals surface area contributed by atoms with Crippen LogP contribution in [0.5, 0.6) is 0 Å². The second-order valence-electron chi connectivity index (χ2n) is 8.71. The van der Waals surface area contributed by atoms with Gasteiger partial charge in [0.05, 0.1) is 23.0 Å². The number of benzene rings is 1. The molecular formula is C24H24F2N8O2. The molecule has 186 valence electrons. The van der Waals surface area contributed by atoms with Crippen molar-refractivity contribution < 1.29 is 13.6 Å². The number of nitrogens with one attached hydrogen (secondary N) is 2. The van der Waals surface area contributed by atoms with Crippen LogP contribution in [-0.4, -0.2) is 61.7 Å². The normalized spacial score (nSPS) is 14.4. The van der Waals surface area contributed by atoms with E-state index in [-0.39, 0.29) is 17.0 Å². The third kappa shape index (κ3) is 4.67. The molecule has 1 aromatic carbocycles. The first kappa shape index (κ1) is 23.5. The monoisotopic (exact) mass is 494 g/mol. The molecule has 0 spiro atoms. The molecule has 3 aromatic heterocycles. The number of H-pyrrole nitrogens is 1. The van der Waals surface area contributed by atoms with Gasteiger partial charge in [0.25, 0.3) is 11.5 Å². The van der Waals surface area contributed by atoms with E-state index in [9.17, 15) is 14.0 Å². The number of aryl methyl sites for hydroxylation is 2. The number of carbonyl (C=O) groups is 1. The average molecular weight is 495 g/mol. The smallest absolute Gasteiger partial charge is 0.269 e. The molecule has 1 fully saturated rings. The van der Waals surface area contributed by atoms with Crippen LogP contribution < -0.4 is 15.8 Å². The number of carbonyl (C=O) groups excluding carboxylic acids is 1. The summed E-state index contributed by atoms with van der Waals surface area (Å²) in [7, 11) is 1.70. The van der Waals surface area contributed by atoms with E-state index in [4.69, 9.17) is 0 Å². The summed E-state index contributed by atoms with van der Waals surface area (Å²) in [5, 5.41) is 6.51. The van der Waals surface area contributed by atoms with E-state index in [0.717, 1.165) is 0 Å². The lowest BCUT2D eigenvalue weighted by Crippen LogP contribution is -2.46. The Kier molecular flexibility index (Phi) is 6.18. The van der Waals surface area contributed by atoms with Gasteiger partial charge in [0.15, 0.2) is 5.82 Å². The second-order valence-corrected chi connectivity index (χ2v) is 8.71. The molecule has 5 rings (SSSR count). The molecule has 0 saturated carbocycles. The van der Waals surface area contributed by atoms with Crippen LogP contribution >= 0.6 is 0 Å². The Balaban J connectivity index is 1.22. The third-order valence-corrected chi connectivity index (χ3v) is 6.20. The number of hydrogen-bond acceptors (Lipinski definition) is 7. The standard InChI is InChI=1S/C24H24F2N8O2/c1-14-23(35)31-21-17(28-14)4-3-15(20(21)25)13-33-7-9-34(10-8-33)18-5-6-19(29-22(18)26)30-24(36)16-11-27-32(2)12-16/h3-6,11-12H,7-10,13H2,1-2H3,(H,31,35)(H,29,30,36). The van der Waals surface area contributed by atoms with E-state index in [0.29, 0.717) is 55.1 Å². The molecule has 10 nitrogen and oxygen atoms in total. The zero-order valence-electron chi connectivity index (χ0n) is 19.8. The molecular weight excluding hydrogens is 470 g/mol. The molecule has 36 heavy (non-hydrogen) atoms. The van der Waals surface area contributed by atoms with Crippen LogP contribution in [0, 0.1) is 18.7 Å². The molecule has 0 radical (unpaired) electrons. The fourth-order valence-electron chi connectivity index (χ4n) is 4.23. The van der Waals surface area contributed by atoms with Crippen molar-refractivity contribution in [3.05, 3.63) is 75.6 Å². The van der Waals surface area contributed by atoms with Crippen molar-refractivity contribution in [2.45, 2.75) is 13.5 Å². The van der Waals surface area contributed by atoms with Crippen LogP contribution in [0.2, 0.25) is 0 Å². The maximum absolute atomic E-state index is 15.0. The Morgan fingerprint density at radius 3 is 2.58 bits per heavy atom. The van der Waals surface area contributed by atoms with Gasteiger partial charge in [0.1, 0.15) is 17.0 Å². The topological polar surface area (TPSA) is 112 Å². The Morgan fingerprint density at radius 2 is 1.89 bits per heavy atom. The minimum Gasteiger partial charge on any atom is -0.365 e. The maximum atomic E-state index is 15.0. The van der Waals surface area contributed by atoms with Crippen molar-refractivity contribution in [3.8, 4) is 0 Å². The molecule has 0 aliphatic carbocycles. The summed E-state index contributed by atoms with van der Waals surface area (Å²) in [6, 6.07) is 6.52. The van der Waals surface area contributed by atoms with Gasteiger partial charge in [-0.05, 0) is 25.1 Å². The molecule has 0 atom stereocenters. The molecule has 12 heteroatoms. The molecule has 4 aromatic rings. The third-order valence-electron chi connectivity index (χ3n) is 6.20. The summed E-state index contributed by atoms with van der Waals surface area (Å²) in [6.45, 7) is 4.14. The van der Waals surface area contributed by atoms with Crippen LogP contribution in [0.3, 0.4) is 0 Å². The highest BCUT2D eigenvalue weighted by Gasteiger charge is 2.22. The number of amides is 1. The molecule has 4 heterocycles. The van der Waals surface area contributed by atoms with Gasteiger partial charge in [-0.1, -0.05) is 6.07 Å². The number of aromatic amines is 1. The largest absolute Gasteiger partial charge is 0.365 e. The van der Waals surface area contributed by atoms with Crippen molar-refractivity contribution in [2.24, 2.45) is 7.05 Å². The number of pyridine rings is 1. The van der Waals surface area contributed by atoms with E-state index in [2.05, 4.69) is 30.3 Å². The van der Waals surface area contributed by atoms with E-state index in [1.165, 1.54) is 10.9 Å². The molecule has 0 unspecified atom stereocenters. The van der Waals surface area contributed by atoms with Gasteiger partial charge in [0, 0.05) is 51.5 Å². The highest BCUT2D eigenvalue weighted by Crippen LogP contribution is 2.23. The van der Waals surface area contributed by atoms with Gasteiger partial charge in [-0.3, -0.25) is 19.2 Å². The Morgan fingerprint density at radius 1 is 1.11 bits per heavy atom. The molecule has 1 aliphatic rings. The summed E-state index contributed by atoms with van der Waals surface area (Å²) >= 11 is 0. The van der Waals surface area contributed by atoms with Gasteiger partial charge in [-0.25, -0.2) is 14.4 Å². The van der Waals surface area contributed by atoms with Crippen LogP contribution in [0.1, 0.15) is 21.6 Å². The van der Waals surface area contributed by atoms with E-state index in [1.807, 2.05) is 4.90 Å². The van der Waals surface area contributed by atoms with Gasteiger partial charge in [-0.2, -0.15) is 9.49 Å². The number of halogens is 2. The molecule has 0 bridgehead atoms. The first-order valence-corrected chi connectivity index (χ1v) is 11.4. The lowest BCUT2D eigenvalue weighted by Gasteiger charge is -2.36. The van der Waals surface area contributed by atoms with Crippen molar-refractivity contribution in [1.29, 1.82) is 0 Å². The number of rotatable bonds is 5. The number of fused-ring (bicyclic) bond motifs is 1. The minimum absolute atomic E-state index is 0.102. The maximum Gasteiger partial charge on any atom is 0.269 e. The zero-order valence-corrected chi connectivity index (χ0v) is 19.8. The van der Waals surface area contributed by atoms with Crippen LogP contribution in [-0.2, 0) is 13.6 Å². The summed E-state index contributed by atoms with van der Waals surface area (Å²) < 4.78 is 31.3. The highest BCUT2D eigenvalue weighted by molar-refractivity contribution is 6.03. The van der Waals surface area contributed by atoms with E-state index < -0.39 is 23.2 Å². The predicted octanol–water partition coefficient (Wildman–Crippen LogP) is 2.21. The average Bonchev–Trinajstić information content (AvgIpc) is 3.29. The predicted molar refractivity (Wildman–Crippen MR) is 130 cm³/mol. The van der Waals surface area contributed by atoms with Gasteiger partial charge in [0.2, 0.25) is 5.95 Å². The SMILES string of the molecule is Cc1nc2ccc(CN3CCN(c4ccc(NC(=O)c5cnn(C)c5)nc4F)CC3)c(F)c2[nH]c1=O.